The molecular formula is C17H17F3N8. The van der Waals surface area contributed by atoms with Crippen molar-refractivity contribution in [1.29, 1.82) is 0 Å². The number of hydrogen-bond donors (Lipinski definition) is 0. The molecule has 3 aromatic rings. The van der Waals surface area contributed by atoms with E-state index in [1.165, 1.54) is 6.07 Å². The molecule has 6 rings (SSSR count). The van der Waals surface area contributed by atoms with E-state index in [1.807, 2.05) is 19.9 Å². The van der Waals surface area contributed by atoms with Gasteiger partial charge in [0, 0.05) is 24.8 Å². The minimum atomic E-state index is -4.60. The summed E-state index contributed by atoms with van der Waals surface area (Å²) in [7, 11) is 0. The average Bonchev–Trinajstić information content (AvgIpc) is 3.04. The fraction of sp³-hybridized carbons (Fsp3) is 0.471. The van der Waals surface area contributed by atoms with Gasteiger partial charge in [0.1, 0.15) is 17.5 Å². The molecule has 2 bridgehead atoms. The van der Waals surface area contributed by atoms with Gasteiger partial charge in [-0.3, -0.25) is 0 Å². The highest BCUT2D eigenvalue weighted by Gasteiger charge is 2.46. The van der Waals surface area contributed by atoms with Crippen molar-refractivity contribution < 1.29 is 13.2 Å². The number of nitrogens with zero attached hydrogens (tertiary/aromatic N) is 8. The maximum absolute atomic E-state index is 13.1. The van der Waals surface area contributed by atoms with E-state index >= 15 is 0 Å². The van der Waals surface area contributed by atoms with Gasteiger partial charge in [-0.2, -0.15) is 17.7 Å². The Hall–Kier alpha value is -2.98. The van der Waals surface area contributed by atoms with Crippen LogP contribution in [0.15, 0.2) is 18.2 Å². The molecule has 3 aliphatic rings. The van der Waals surface area contributed by atoms with Gasteiger partial charge in [0.05, 0.1) is 12.1 Å². The third-order valence-electron chi connectivity index (χ3n) is 5.24. The number of piperidine rings is 1. The van der Waals surface area contributed by atoms with E-state index < -0.39 is 12.0 Å². The summed E-state index contributed by atoms with van der Waals surface area (Å²) in [6.07, 6.45) is -3.62. The van der Waals surface area contributed by atoms with E-state index in [0.717, 1.165) is 41.4 Å². The number of aryl methyl sites for hydroxylation is 2. The molecule has 0 aliphatic carbocycles. The lowest BCUT2D eigenvalue weighted by molar-refractivity contribution is -0.146. The van der Waals surface area contributed by atoms with Crippen LogP contribution in [0.1, 0.15) is 23.8 Å². The smallest absolute Gasteiger partial charge is 0.352 e. The highest BCUT2D eigenvalue weighted by atomic mass is 19.4. The van der Waals surface area contributed by atoms with Crippen LogP contribution < -0.4 is 9.80 Å². The number of halogens is 3. The van der Waals surface area contributed by atoms with Crippen molar-refractivity contribution in [1.82, 2.24) is 29.8 Å². The van der Waals surface area contributed by atoms with E-state index in [1.54, 1.807) is 6.07 Å². The van der Waals surface area contributed by atoms with Crippen LogP contribution in [0, 0.1) is 13.8 Å². The van der Waals surface area contributed by atoms with Crippen molar-refractivity contribution in [3.8, 4) is 0 Å². The van der Waals surface area contributed by atoms with Gasteiger partial charge in [-0.15, -0.1) is 15.3 Å². The Balaban J connectivity index is 1.42. The molecule has 0 N–H and O–H groups in total. The lowest BCUT2D eigenvalue weighted by Crippen LogP contribution is -2.69. The van der Waals surface area contributed by atoms with Crippen LogP contribution in [0.5, 0.6) is 0 Å². The second kappa shape index (κ2) is 5.76. The Labute approximate surface area is 158 Å². The molecule has 3 aliphatic heterocycles. The van der Waals surface area contributed by atoms with Gasteiger partial charge in [-0.1, -0.05) is 0 Å². The molecule has 3 saturated heterocycles. The molecular weight excluding hydrogens is 373 g/mol. The summed E-state index contributed by atoms with van der Waals surface area (Å²) in [5.74, 6) is 1.02. The molecule has 3 aromatic heterocycles. The Morgan fingerprint density at radius 1 is 1.00 bits per heavy atom. The Kier molecular flexibility index (Phi) is 3.52. The van der Waals surface area contributed by atoms with Gasteiger partial charge in [-0.25, -0.2) is 9.97 Å². The zero-order valence-electron chi connectivity index (χ0n) is 15.2. The van der Waals surface area contributed by atoms with Crippen LogP contribution in [0.4, 0.5) is 24.8 Å². The minimum Gasteiger partial charge on any atom is -0.352 e. The first-order valence-electron chi connectivity index (χ1n) is 8.95. The fourth-order valence-electron chi connectivity index (χ4n) is 4.12. The van der Waals surface area contributed by atoms with Gasteiger partial charge in [0.15, 0.2) is 5.65 Å². The molecule has 2 unspecified atom stereocenters. The molecule has 11 heteroatoms. The van der Waals surface area contributed by atoms with Crippen molar-refractivity contribution in [2.45, 2.75) is 38.5 Å². The van der Waals surface area contributed by atoms with Gasteiger partial charge in [0.2, 0.25) is 0 Å². The third kappa shape index (κ3) is 2.64. The van der Waals surface area contributed by atoms with E-state index in [-0.39, 0.29) is 17.7 Å². The molecule has 0 saturated carbocycles. The van der Waals surface area contributed by atoms with E-state index in [9.17, 15) is 13.2 Å². The summed E-state index contributed by atoms with van der Waals surface area (Å²) < 4.78 is 40.1. The zero-order chi connectivity index (χ0) is 19.6. The van der Waals surface area contributed by atoms with E-state index in [0.29, 0.717) is 5.82 Å². The van der Waals surface area contributed by atoms with Gasteiger partial charge >= 0.3 is 6.18 Å². The number of hydrogen-bond acceptors (Lipinski definition) is 7. The molecule has 0 amide bonds. The lowest BCUT2D eigenvalue weighted by Gasteiger charge is -2.57. The Morgan fingerprint density at radius 2 is 1.75 bits per heavy atom. The topological polar surface area (TPSA) is 75.3 Å². The largest absolute Gasteiger partial charge is 0.453 e. The highest BCUT2D eigenvalue weighted by molar-refractivity contribution is 5.54. The van der Waals surface area contributed by atoms with E-state index in [4.69, 9.17) is 0 Å². The Bertz CT molecular complexity index is 1030. The second-order valence-corrected chi connectivity index (χ2v) is 7.25. The highest BCUT2D eigenvalue weighted by Crippen LogP contribution is 2.37. The third-order valence-corrected chi connectivity index (χ3v) is 5.24. The predicted octanol–water partition coefficient (Wildman–Crippen LogP) is 2.02. The molecule has 3 fully saturated rings. The molecule has 0 spiro atoms. The summed E-state index contributed by atoms with van der Waals surface area (Å²) in [5, 5.41) is 11.0. The molecule has 0 radical (unpaired) electrons. The van der Waals surface area contributed by atoms with Crippen molar-refractivity contribution in [2.75, 3.05) is 22.9 Å². The molecule has 0 aromatic carbocycles. The van der Waals surface area contributed by atoms with Crippen LogP contribution in [0.25, 0.3) is 5.65 Å². The van der Waals surface area contributed by atoms with Crippen LogP contribution >= 0.6 is 0 Å². The normalized spacial score (nSPS) is 21.9. The Morgan fingerprint density at radius 3 is 2.43 bits per heavy atom. The lowest BCUT2D eigenvalue weighted by atomic mass is 9.87. The number of rotatable bonds is 2. The minimum absolute atomic E-state index is 0.0790. The SMILES string of the molecule is Cc1cc(N2CC3CC(C2)N3c2ccc3nnc(C(F)(F)F)n3n2)nc(C)n1. The summed E-state index contributed by atoms with van der Waals surface area (Å²) >= 11 is 0. The monoisotopic (exact) mass is 390 g/mol. The maximum atomic E-state index is 13.1. The van der Waals surface area contributed by atoms with Crippen LogP contribution in [-0.2, 0) is 6.18 Å². The molecule has 8 nitrogen and oxygen atoms in total. The maximum Gasteiger partial charge on any atom is 0.453 e. The number of aromatic nitrogens is 6. The first kappa shape index (κ1) is 17.1. The second-order valence-electron chi connectivity index (χ2n) is 7.25. The van der Waals surface area contributed by atoms with Gasteiger partial charge in [-0.05, 0) is 32.4 Å². The summed E-state index contributed by atoms with van der Waals surface area (Å²) in [4.78, 5) is 13.1. The molecule has 6 heterocycles. The number of alkyl halides is 3. The van der Waals surface area contributed by atoms with Gasteiger partial charge in [0.25, 0.3) is 5.82 Å². The summed E-state index contributed by atoms with van der Waals surface area (Å²) in [6, 6.07) is 5.53. The predicted molar refractivity (Wildman–Crippen MR) is 94.2 cm³/mol. The van der Waals surface area contributed by atoms with Crippen molar-refractivity contribution in [3.63, 3.8) is 0 Å². The first-order valence-corrected chi connectivity index (χ1v) is 8.95. The van der Waals surface area contributed by atoms with Crippen LogP contribution in [-0.4, -0.2) is 55.0 Å². The molecule has 146 valence electrons. The quantitative estimate of drug-likeness (QED) is 0.663. The zero-order valence-corrected chi connectivity index (χ0v) is 15.2. The standard InChI is InChI=1S/C17H17F3N8/c1-9-5-15(22-10(2)21-9)26-7-11-6-12(8-26)27(11)14-4-3-13-23-24-16(17(18,19)20)28(13)25-14/h3-5,11-12H,6-8H2,1-2H3. The average molecular weight is 390 g/mol. The van der Waals surface area contributed by atoms with Crippen LogP contribution in [0.2, 0.25) is 0 Å². The van der Waals surface area contributed by atoms with Crippen molar-refractivity contribution >= 4 is 17.3 Å². The molecule has 28 heavy (non-hydrogen) atoms. The number of anilines is 2. The van der Waals surface area contributed by atoms with E-state index in [2.05, 4.69) is 35.1 Å². The van der Waals surface area contributed by atoms with Gasteiger partial charge < -0.3 is 9.80 Å². The number of fused-ring (bicyclic) bond motifs is 3. The fourth-order valence-corrected chi connectivity index (χ4v) is 4.12. The van der Waals surface area contributed by atoms with Crippen molar-refractivity contribution in [2.24, 2.45) is 0 Å². The summed E-state index contributed by atoms with van der Waals surface area (Å²) in [5.41, 5.74) is 0.994. The molecule has 2 atom stereocenters. The summed E-state index contributed by atoms with van der Waals surface area (Å²) in [6.45, 7) is 5.27. The first-order chi connectivity index (χ1) is 13.3. The number of piperazine rings is 1. The van der Waals surface area contributed by atoms with Crippen molar-refractivity contribution in [3.05, 3.63) is 35.5 Å². The van der Waals surface area contributed by atoms with Crippen LogP contribution in [0.3, 0.4) is 0 Å².